The van der Waals surface area contributed by atoms with Gasteiger partial charge in [0.25, 0.3) is 0 Å². The lowest BCUT2D eigenvalue weighted by Gasteiger charge is -2.33. The fraction of sp³-hybridized carbons (Fsp3) is 0.364. The van der Waals surface area contributed by atoms with E-state index in [-0.39, 0.29) is 17.9 Å². The minimum absolute atomic E-state index is 0.0230. The van der Waals surface area contributed by atoms with Gasteiger partial charge in [0, 0.05) is 29.4 Å². The number of ether oxygens (including phenoxy) is 1. The molecule has 3 aromatic rings. The summed E-state index contributed by atoms with van der Waals surface area (Å²) in [6, 6.07) is 12.0. The molecule has 0 unspecified atom stereocenters. The van der Waals surface area contributed by atoms with Gasteiger partial charge in [-0.3, -0.25) is 4.79 Å². The number of thiophene rings is 1. The van der Waals surface area contributed by atoms with Crippen molar-refractivity contribution >= 4 is 33.1 Å². The van der Waals surface area contributed by atoms with Gasteiger partial charge in [-0.05, 0) is 55.0 Å². The maximum absolute atomic E-state index is 12.9. The Balaban J connectivity index is 1.43. The molecule has 1 aliphatic rings. The number of piperidine rings is 1. The summed E-state index contributed by atoms with van der Waals surface area (Å²) in [5.74, 6) is 1.91. The minimum atomic E-state index is -0.0350. The van der Waals surface area contributed by atoms with Gasteiger partial charge in [0.15, 0.2) is 0 Å². The first-order valence-corrected chi connectivity index (χ1v) is 10.5. The summed E-state index contributed by atoms with van der Waals surface area (Å²) in [7, 11) is 1.65. The number of hydrogen-bond acceptors (Lipinski definition) is 5. The first-order chi connectivity index (χ1) is 13.7. The lowest BCUT2D eigenvalue weighted by atomic mass is 9.96. The van der Waals surface area contributed by atoms with Gasteiger partial charge in [0.05, 0.1) is 19.1 Å². The highest BCUT2D eigenvalue weighted by atomic mass is 32.1. The van der Waals surface area contributed by atoms with E-state index in [9.17, 15) is 4.79 Å². The number of nitrogens with one attached hydrogen (secondary N) is 1. The predicted octanol–water partition coefficient (Wildman–Crippen LogP) is 4.40. The third-order valence-corrected chi connectivity index (χ3v) is 6.31. The van der Waals surface area contributed by atoms with E-state index in [1.165, 1.54) is 10.1 Å². The van der Waals surface area contributed by atoms with Crippen molar-refractivity contribution in [3.05, 3.63) is 53.5 Å². The predicted molar refractivity (Wildman–Crippen MR) is 114 cm³/mol. The largest absolute Gasteiger partial charge is 0.497 e. The van der Waals surface area contributed by atoms with E-state index < -0.39 is 0 Å². The molecule has 1 aliphatic heterocycles. The minimum Gasteiger partial charge on any atom is -0.497 e. The van der Waals surface area contributed by atoms with Crippen molar-refractivity contribution in [3.8, 4) is 5.75 Å². The summed E-state index contributed by atoms with van der Waals surface area (Å²) in [5.41, 5.74) is 1.08. The van der Waals surface area contributed by atoms with Crippen LogP contribution in [0.25, 0.3) is 10.1 Å². The van der Waals surface area contributed by atoms with E-state index in [0.29, 0.717) is 6.54 Å². The van der Waals surface area contributed by atoms with Crippen LogP contribution in [0, 0.1) is 5.92 Å². The molecule has 5 nitrogen and oxygen atoms in total. The highest BCUT2D eigenvalue weighted by Gasteiger charge is 2.28. The summed E-state index contributed by atoms with van der Waals surface area (Å²) in [6.07, 6.45) is 3.78. The molecule has 28 heavy (non-hydrogen) atoms. The molecule has 2 atom stereocenters. The molecule has 0 saturated carbocycles. The van der Waals surface area contributed by atoms with E-state index in [4.69, 9.17) is 4.74 Å². The van der Waals surface area contributed by atoms with Gasteiger partial charge >= 0.3 is 0 Å². The van der Waals surface area contributed by atoms with Crippen LogP contribution in [0.4, 0.5) is 5.82 Å². The van der Waals surface area contributed by atoms with Gasteiger partial charge in [-0.15, -0.1) is 11.3 Å². The van der Waals surface area contributed by atoms with Crippen LogP contribution in [0.15, 0.2) is 48.0 Å². The molecular weight excluding hydrogens is 370 g/mol. The molecule has 0 bridgehead atoms. The third kappa shape index (κ3) is 3.83. The third-order valence-electron chi connectivity index (χ3n) is 5.43. The van der Waals surface area contributed by atoms with Crippen LogP contribution in [0.1, 0.15) is 31.4 Å². The summed E-state index contributed by atoms with van der Waals surface area (Å²) in [5, 5.41) is 6.46. The average Bonchev–Trinajstić information content (AvgIpc) is 3.23. The smallest absolute Gasteiger partial charge is 0.225 e. The summed E-state index contributed by atoms with van der Waals surface area (Å²) >= 11 is 1.73. The Morgan fingerprint density at radius 2 is 2.11 bits per heavy atom. The monoisotopic (exact) mass is 395 g/mol. The van der Waals surface area contributed by atoms with Crippen molar-refractivity contribution in [3.63, 3.8) is 0 Å². The normalized spacial score (nSPS) is 18.1. The number of anilines is 1. The highest BCUT2D eigenvalue weighted by molar-refractivity contribution is 7.17. The van der Waals surface area contributed by atoms with Gasteiger partial charge in [0.2, 0.25) is 5.91 Å². The van der Waals surface area contributed by atoms with Crippen LogP contribution in [-0.4, -0.2) is 31.1 Å². The van der Waals surface area contributed by atoms with Gasteiger partial charge in [0.1, 0.15) is 11.6 Å². The molecule has 0 spiro atoms. The van der Waals surface area contributed by atoms with Crippen LogP contribution in [0.3, 0.4) is 0 Å². The van der Waals surface area contributed by atoms with E-state index in [2.05, 4.69) is 26.6 Å². The highest BCUT2D eigenvalue weighted by Crippen LogP contribution is 2.31. The lowest BCUT2D eigenvalue weighted by molar-refractivity contribution is -0.125. The Morgan fingerprint density at radius 1 is 1.29 bits per heavy atom. The number of amides is 1. The van der Waals surface area contributed by atoms with Gasteiger partial charge in [-0.25, -0.2) is 4.98 Å². The Morgan fingerprint density at radius 3 is 2.89 bits per heavy atom. The van der Waals surface area contributed by atoms with Gasteiger partial charge in [-0.1, -0.05) is 12.1 Å². The molecule has 1 aromatic carbocycles. The molecule has 146 valence electrons. The van der Waals surface area contributed by atoms with E-state index in [1.807, 2.05) is 43.5 Å². The molecular formula is C22H25N3O2S. The van der Waals surface area contributed by atoms with Gasteiger partial charge in [-0.2, -0.15) is 0 Å². The first-order valence-electron chi connectivity index (χ1n) is 9.67. The second-order valence-electron chi connectivity index (χ2n) is 7.26. The fourth-order valence-corrected chi connectivity index (χ4v) is 4.60. The van der Waals surface area contributed by atoms with Crippen LogP contribution >= 0.6 is 11.3 Å². The molecule has 1 N–H and O–H groups in total. The van der Waals surface area contributed by atoms with Crippen molar-refractivity contribution in [2.24, 2.45) is 5.92 Å². The Labute approximate surface area is 169 Å². The number of carbonyl (C=O) groups is 1. The molecule has 1 saturated heterocycles. The van der Waals surface area contributed by atoms with Gasteiger partial charge < -0.3 is 15.0 Å². The quantitative estimate of drug-likeness (QED) is 0.696. The zero-order valence-electron chi connectivity index (χ0n) is 16.2. The average molecular weight is 396 g/mol. The number of nitrogens with zero attached hydrogens (tertiary/aromatic N) is 2. The van der Waals surface area contributed by atoms with E-state index in [1.54, 1.807) is 18.4 Å². The van der Waals surface area contributed by atoms with Crippen LogP contribution in [0.2, 0.25) is 0 Å². The maximum Gasteiger partial charge on any atom is 0.225 e. The number of hydrogen-bond donors (Lipinski definition) is 1. The number of methoxy groups -OCH3 is 1. The van der Waals surface area contributed by atoms with Crippen LogP contribution in [0.5, 0.6) is 5.75 Å². The number of aromatic nitrogens is 1. The second-order valence-corrected chi connectivity index (χ2v) is 8.20. The number of benzene rings is 1. The standard InChI is InChI=1S/C22H25N3O2S/c1-15(16-5-7-18(27-2)8-6-16)24-22(26)17-4-3-12-25(14-17)21-19-10-13-28-20(19)9-11-23-21/h5-11,13,15,17H,3-4,12,14H2,1-2H3,(H,24,26)/t15-,17-/m0/s1. The van der Waals surface area contributed by atoms with Crippen molar-refractivity contribution in [2.45, 2.75) is 25.8 Å². The molecule has 1 amide bonds. The number of pyridine rings is 1. The SMILES string of the molecule is COc1ccc([C@H](C)NC(=O)[C@H]2CCCN(c3nccc4sccc34)C2)cc1. The zero-order valence-corrected chi connectivity index (χ0v) is 17.0. The molecule has 2 aromatic heterocycles. The number of carbonyl (C=O) groups excluding carboxylic acids is 1. The summed E-state index contributed by atoms with van der Waals surface area (Å²) < 4.78 is 6.45. The lowest BCUT2D eigenvalue weighted by Crippen LogP contribution is -2.44. The number of rotatable bonds is 5. The topological polar surface area (TPSA) is 54.5 Å². The van der Waals surface area contributed by atoms with Crippen molar-refractivity contribution in [1.29, 1.82) is 0 Å². The maximum atomic E-state index is 12.9. The molecule has 6 heteroatoms. The molecule has 0 radical (unpaired) electrons. The van der Waals surface area contributed by atoms with Crippen molar-refractivity contribution < 1.29 is 9.53 Å². The Bertz CT molecular complexity index is 954. The molecule has 4 rings (SSSR count). The van der Waals surface area contributed by atoms with E-state index in [0.717, 1.165) is 36.5 Å². The first kappa shape index (κ1) is 18.7. The molecule has 0 aliphatic carbocycles. The van der Waals surface area contributed by atoms with Crippen LogP contribution in [-0.2, 0) is 4.79 Å². The Kier molecular flexibility index (Phi) is 5.48. The summed E-state index contributed by atoms with van der Waals surface area (Å²) in [6.45, 7) is 3.68. The van der Waals surface area contributed by atoms with Crippen molar-refractivity contribution in [1.82, 2.24) is 10.3 Å². The number of fused-ring (bicyclic) bond motifs is 1. The fourth-order valence-electron chi connectivity index (χ4n) is 3.82. The van der Waals surface area contributed by atoms with Crippen molar-refractivity contribution in [2.75, 3.05) is 25.1 Å². The molecule has 3 heterocycles. The molecule has 1 fully saturated rings. The zero-order chi connectivity index (χ0) is 19.5. The second kappa shape index (κ2) is 8.19. The van der Waals surface area contributed by atoms with Crippen LogP contribution < -0.4 is 15.0 Å². The Hall–Kier alpha value is -2.60. The summed E-state index contributed by atoms with van der Waals surface area (Å²) in [4.78, 5) is 19.8. The van der Waals surface area contributed by atoms with E-state index >= 15 is 0 Å².